The van der Waals surface area contributed by atoms with Crippen LogP contribution in [0.2, 0.25) is 0 Å². The van der Waals surface area contributed by atoms with E-state index < -0.39 is 0 Å². The zero-order chi connectivity index (χ0) is 19.1. The number of para-hydroxylation sites is 1. The number of fused-ring (bicyclic) bond motifs is 2. The molecule has 0 saturated carbocycles. The second-order valence-corrected chi connectivity index (χ2v) is 6.95. The number of hydrogen-bond acceptors (Lipinski definition) is 7. The molecule has 1 fully saturated rings. The summed E-state index contributed by atoms with van der Waals surface area (Å²) in [6.45, 7) is 5.75. The van der Waals surface area contributed by atoms with Gasteiger partial charge in [-0.25, -0.2) is 0 Å². The molecule has 1 aromatic carbocycles. The van der Waals surface area contributed by atoms with Crippen LogP contribution in [0.5, 0.6) is 5.75 Å². The molecule has 1 aliphatic rings. The summed E-state index contributed by atoms with van der Waals surface area (Å²) in [5.74, 6) is 1.76. The first-order chi connectivity index (χ1) is 13.7. The Bertz CT molecular complexity index is 1150. The average Bonchev–Trinajstić information content (AvgIpc) is 3.21. The maximum Gasteiger partial charge on any atom is 0.177 e. The Kier molecular flexibility index (Phi) is 3.96. The SMILES string of the molecule is COc1cccc2c(N3CCN(c4ccc5nncn5n4)CC3)c(C)cnc12. The molecule has 4 heterocycles. The van der Waals surface area contributed by atoms with Crippen molar-refractivity contribution in [2.24, 2.45) is 0 Å². The summed E-state index contributed by atoms with van der Waals surface area (Å²) < 4.78 is 7.22. The number of aromatic nitrogens is 5. The lowest BCUT2D eigenvalue weighted by Crippen LogP contribution is -2.47. The van der Waals surface area contributed by atoms with Crippen molar-refractivity contribution >= 4 is 28.1 Å². The molecule has 5 rings (SSSR count). The third-order valence-electron chi connectivity index (χ3n) is 5.30. The topological polar surface area (TPSA) is 71.7 Å². The van der Waals surface area contributed by atoms with Crippen LogP contribution >= 0.6 is 0 Å². The molecular formula is C20H21N7O. The van der Waals surface area contributed by atoms with E-state index in [9.17, 15) is 0 Å². The zero-order valence-corrected chi connectivity index (χ0v) is 15.9. The first-order valence-corrected chi connectivity index (χ1v) is 9.34. The number of piperazine rings is 1. The molecule has 0 amide bonds. The summed E-state index contributed by atoms with van der Waals surface area (Å²) in [5, 5.41) is 13.7. The Labute approximate surface area is 162 Å². The Morgan fingerprint density at radius 2 is 1.82 bits per heavy atom. The lowest BCUT2D eigenvalue weighted by Gasteiger charge is -2.37. The number of hydrogen-bond donors (Lipinski definition) is 0. The second-order valence-electron chi connectivity index (χ2n) is 6.95. The largest absolute Gasteiger partial charge is 0.494 e. The van der Waals surface area contributed by atoms with Gasteiger partial charge in [0.2, 0.25) is 0 Å². The molecule has 0 atom stereocenters. The fourth-order valence-corrected chi connectivity index (χ4v) is 3.91. The van der Waals surface area contributed by atoms with Gasteiger partial charge in [0.15, 0.2) is 5.65 Å². The molecule has 1 aliphatic heterocycles. The van der Waals surface area contributed by atoms with Gasteiger partial charge >= 0.3 is 0 Å². The molecule has 8 heteroatoms. The van der Waals surface area contributed by atoms with Crippen molar-refractivity contribution in [2.75, 3.05) is 43.1 Å². The van der Waals surface area contributed by atoms with E-state index in [1.807, 2.05) is 30.5 Å². The Morgan fingerprint density at radius 3 is 2.64 bits per heavy atom. The molecule has 0 spiro atoms. The van der Waals surface area contributed by atoms with Gasteiger partial charge in [0.1, 0.15) is 23.4 Å². The summed E-state index contributed by atoms with van der Waals surface area (Å²) in [5.41, 5.74) is 4.09. The van der Waals surface area contributed by atoms with Crippen molar-refractivity contribution in [3.8, 4) is 5.75 Å². The fourth-order valence-electron chi connectivity index (χ4n) is 3.91. The van der Waals surface area contributed by atoms with E-state index in [1.165, 1.54) is 11.3 Å². The number of benzene rings is 1. The number of methoxy groups -OCH3 is 1. The van der Waals surface area contributed by atoms with Crippen LogP contribution in [0, 0.1) is 6.92 Å². The van der Waals surface area contributed by atoms with Crippen molar-refractivity contribution in [1.82, 2.24) is 24.8 Å². The van der Waals surface area contributed by atoms with Crippen LogP contribution in [0.3, 0.4) is 0 Å². The highest BCUT2D eigenvalue weighted by molar-refractivity contribution is 5.96. The predicted molar refractivity (Wildman–Crippen MR) is 108 cm³/mol. The molecule has 28 heavy (non-hydrogen) atoms. The van der Waals surface area contributed by atoms with Gasteiger partial charge in [0.05, 0.1) is 12.8 Å². The van der Waals surface area contributed by atoms with Crippen molar-refractivity contribution < 1.29 is 4.74 Å². The summed E-state index contributed by atoms with van der Waals surface area (Å²) in [6, 6.07) is 10.1. The molecule has 0 unspecified atom stereocenters. The molecule has 0 N–H and O–H groups in total. The maximum atomic E-state index is 5.50. The Balaban J connectivity index is 1.43. The van der Waals surface area contributed by atoms with Gasteiger partial charge in [-0.3, -0.25) is 4.98 Å². The van der Waals surface area contributed by atoms with Crippen LogP contribution in [0.4, 0.5) is 11.5 Å². The first kappa shape index (κ1) is 16.7. The number of rotatable bonds is 3. The molecule has 4 aromatic rings. The maximum absolute atomic E-state index is 5.50. The number of pyridine rings is 1. The van der Waals surface area contributed by atoms with Crippen LogP contribution in [0.15, 0.2) is 42.9 Å². The average molecular weight is 375 g/mol. The van der Waals surface area contributed by atoms with Gasteiger partial charge in [-0.05, 0) is 30.7 Å². The molecule has 142 valence electrons. The van der Waals surface area contributed by atoms with E-state index in [-0.39, 0.29) is 0 Å². The number of anilines is 2. The van der Waals surface area contributed by atoms with Gasteiger partial charge < -0.3 is 14.5 Å². The summed E-state index contributed by atoms with van der Waals surface area (Å²) in [4.78, 5) is 9.34. The smallest absolute Gasteiger partial charge is 0.177 e. The van der Waals surface area contributed by atoms with E-state index in [1.54, 1.807) is 18.0 Å². The van der Waals surface area contributed by atoms with E-state index in [0.29, 0.717) is 0 Å². The third-order valence-corrected chi connectivity index (χ3v) is 5.30. The predicted octanol–water partition coefficient (Wildman–Crippen LogP) is 2.32. The van der Waals surface area contributed by atoms with Crippen molar-refractivity contribution in [3.05, 3.63) is 48.4 Å². The van der Waals surface area contributed by atoms with Gasteiger partial charge in [0.25, 0.3) is 0 Å². The fraction of sp³-hybridized carbons (Fsp3) is 0.300. The van der Waals surface area contributed by atoms with Crippen molar-refractivity contribution in [3.63, 3.8) is 0 Å². The van der Waals surface area contributed by atoms with Crippen molar-refractivity contribution in [1.29, 1.82) is 0 Å². The Morgan fingerprint density at radius 1 is 1.00 bits per heavy atom. The van der Waals surface area contributed by atoms with E-state index in [4.69, 9.17) is 4.74 Å². The van der Waals surface area contributed by atoms with Crippen LogP contribution < -0.4 is 14.5 Å². The molecule has 0 radical (unpaired) electrons. The lowest BCUT2D eigenvalue weighted by molar-refractivity contribution is 0.419. The molecule has 0 bridgehead atoms. The second kappa shape index (κ2) is 6.63. The van der Waals surface area contributed by atoms with Crippen LogP contribution in [-0.4, -0.2) is 58.1 Å². The zero-order valence-electron chi connectivity index (χ0n) is 15.9. The van der Waals surface area contributed by atoms with Gasteiger partial charge in [0, 0.05) is 37.8 Å². The highest BCUT2D eigenvalue weighted by Gasteiger charge is 2.22. The van der Waals surface area contributed by atoms with Gasteiger partial charge in [-0.2, -0.15) is 4.52 Å². The summed E-state index contributed by atoms with van der Waals surface area (Å²) in [7, 11) is 1.69. The summed E-state index contributed by atoms with van der Waals surface area (Å²) in [6.07, 6.45) is 3.57. The normalized spacial score (nSPS) is 14.8. The highest BCUT2D eigenvalue weighted by Crippen LogP contribution is 2.34. The third kappa shape index (κ3) is 2.69. The van der Waals surface area contributed by atoms with Crippen LogP contribution in [-0.2, 0) is 0 Å². The summed E-state index contributed by atoms with van der Waals surface area (Å²) >= 11 is 0. The minimum absolute atomic E-state index is 0.759. The monoisotopic (exact) mass is 375 g/mol. The number of aryl methyl sites for hydroxylation is 1. The van der Waals surface area contributed by atoms with Gasteiger partial charge in [-0.1, -0.05) is 12.1 Å². The highest BCUT2D eigenvalue weighted by atomic mass is 16.5. The molecule has 8 nitrogen and oxygen atoms in total. The molecule has 1 saturated heterocycles. The van der Waals surface area contributed by atoms with Crippen molar-refractivity contribution in [2.45, 2.75) is 6.92 Å². The minimum atomic E-state index is 0.759. The molecule has 3 aromatic heterocycles. The van der Waals surface area contributed by atoms with Crippen LogP contribution in [0.1, 0.15) is 5.56 Å². The van der Waals surface area contributed by atoms with E-state index >= 15 is 0 Å². The molecule has 0 aliphatic carbocycles. The number of ether oxygens (including phenoxy) is 1. The lowest BCUT2D eigenvalue weighted by atomic mass is 10.1. The van der Waals surface area contributed by atoms with Gasteiger partial charge in [-0.15, -0.1) is 15.3 Å². The standard InChI is InChI=1S/C20H21N7O/c1-14-12-21-19-15(4-3-5-16(19)28-2)20(14)26-10-8-25(9-11-26)18-7-6-17-23-22-13-27(17)24-18/h3-7,12-13H,8-11H2,1-2H3. The van der Waals surface area contributed by atoms with E-state index in [0.717, 1.165) is 54.3 Å². The Hall–Kier alpha value is -3.42. The quantitative estimate of drug-likeness (QED) is 0.544. The number of nitrogens with zero attached hydrogens (tertiary/aromatic N) is 7. The van der Waals surface area contributed by atoms with Crippen LogP contribution in [0.25, 0.3) is 16.6 Å². The molecular weight excluding hydrogens is 354 g/mol. The van der Waals surface area contributed by atoms with E-state index in [2.05, 4.69) is 43.1 Å². The first-order valence-electron chi connectivity index (χ1n) is 9.34. The minimum Gasteiger partial charge on any atom is -0.494 e.